The van der Waals surface area contributed by atoms with Gasteiger partial charge in [0.05, 0.1) is 0 Å². The lowest BCUT2D eigenvalue weighted by Gasteiger charge is -2.12. The van der Waals surface area contributed by atoms with E-state index < -0.39 is 0 Å². The molecule has 0 aliphatic heterocycles. The van der Waals surface area contributed by atoms with Gasteiger partial charge in [0.25, 0.3) is 0 Å². The Labute approximate surface area is 364 Å². The maximum Gasteiger partial charge on any atom is -0.00992 e. The van der Waals surface area contributed by atoms with E-state index >= 15 is 0 Å². The first kappa shape index (κ1) is 38.2. The van der Waals surface area contributed by atoms with E-state index in [4.69, 9.17) is 0 Å². The quantitative estimate of drug-likeness (QED) is 0.121. The molecule has 0 bridgehead atoms. The standard InChI is InChI=1S/C62H44/c1-3-15-51(16-4-1)61(59-27-13-21-49-19-7-9-25-57(49)59)43-47-33-29-45(30-34-47)37-39-53-41-42-54(56-24-12-11-23-55(53)56)40-38-46-31-35-48(36-32-46)44-62(52-17-5-2-6-18-52)60-28-14-22-50-20-8-10-26-58(50)60/h1-44H. The summed E-state index contributed by atoms with van der Waals surface area (Å²) in [4.78, 5) is 0. The highest BCUT2D eigenvalue weighted by Crippen LogP contribution is 2.34. The van der Waals surface area contributed by atoms with E-state index in [1.54, 1.807) is 0 Å². The minimum Gasteiger partial charge on any atom is -0.0622 e. The molecule has 10 rings (SSSR count). The minimum atomic E-state index is 1.16. The summed E-state index contributed by atoms with van der Waals surface area (Å²) >= 11 is 0. The van der Waals surface area contributed by atoms with E-state index in [0.29, 0.717) is 0 Å². The van der Waals surface area contributed by atoms with Crippen LogP contribution in [0.15, 0.2) is 231 Å². The number of rotatable bonds is 10. The number of fused-ring (bicyclic) bond motifs is 3. The van der Waals surface area contributed by atoms with Gasteiger partial charge in [0, 0.05) is 0 Å². The third-order valence-electron chi connectivity index (χ3n) is 11.7. The summed E-state index contributed by atoms with van der Waals surface area (Å²) < 4.78 is 0. The van der Waals surface area contributed by atoms with Gasteiger partial charge in [0.15, 0.2) is 0 Å². The second-order valence-electron chi connectivity index (χ2n) is 15.7. The molecule has 0 saturated carbocycles. The van der Waals surface area contributed by atoms with E-state index in [2.05, 4.69) is 267 Å². The molecule has 0 saturated heterocycles. The summed E-state index contributed by atoms with van der Waals surface area (Å²) in [6, 6.07) is 82.7. The Morgan fingerprint density at radius 1 is 0.242 bits per heavy atom. The fourth-order valence-corrected chi connectivity index (χ4v) is 8.54. The highest BCUT2D eigenvalue weighted by atomic mass is 14.2. The van der Waals surface area contributed by atoms with Gasteiger partial charge in [-0.15, -0.1) is 0 Å². The van der Waals surface area contributed by atoms with Crippen LogP contribution in [0.2, 0.25) is 0 Å². The van der Waals surface area contributed by atoms with Crippen LogP contribution >= 0.6 is 0 Å². The van der Waals surface area contributed by atoms with Crippen molar-refractivity contribution in [1.82, 2.24) is 0 Å². The molecule has 10 aromatic carbocycles. The third kappa shape index (κ3) is 8.23. The first-order valence-corrected chi connectivity index (χ1v) is 21.3. The van der Waals surface area contributed by atoms with Gasteiger partial charge < -0.3 is 0 Å². The summed E-state index contributed by atoms with van der Waals surface area (Å²) in [6.07, 6.45) is 13.5. The molecule has 0 fully saturated rings. The molecule has 292 valence electrons. The maximum atomic E-state index is 2.31. The van der Waals surface area contributed by atoms with Crippen molar-refractivity contribution in [2.45, 2.75) is 0 Å². The number of hydrogen-bond donors (Lipinski definition) is 0. The van der Waals surface area contributed by atoms with Crippen molar-refractivity contribution in [2.24, 2.45) is 0 Å². The van der Waals surface area contributed by atoms with Crippen LogP contribution in [0.25, 0.3) is 79.9 Å². The van der Waals surface area contributed by atoms with E-state index in [9.17, 15) is 0 Å². The zero-order chi connectivity index (χ0) is 41.5. The zero-order valence-corrected chi connectivity index (χ0v) is 34.4. The largest absolute Gasteiger partial charge is 0.0622 e. The molecule has 0 amide bonds. The van der Waals surface area contributed by atoms with Crippen LogP contribution < -0.4 is 0 Å². The van der Waals surface area contributed by atoms with Gasteiger partial charge >= 0.3 is 0 Å². The molecule has 0 unspecified atom stereocenters. The fraction of sp³-hybridized carbons (Fsp3) is 0. The van der Waals surface area contributed by atoms with Crippen LogP contribution in [0.4, 0.5) is 0 Å². The number of benzene rings is 10. The van der Waals surface area contributed by atoms with Crippen molar-refractivity contribution >= 4 is 79.9 Å². The lowest BCUT2D eigenvalue weighted by Crippen LogP contribution is -1.90. The van der Waals surface area contributed by atoms with Crippen molar-refractivity contribution in [1.29, 1.82) is 0 Å². The molecule has 0 spiro atoms. The molecule has 0 aliphatic carbocycles. The van der Waals surface area contributed by atoms with Gasteiger partial charge in [-0.2, -0.15) is 0 Å². The summed E-state index contributed by atoms with van der Waals surface area (Å²) in [5.41, 5.74) is 14.3. The van der Waals surface area contributed by atoms with E-state index in [0.717, 1.165) is 11.1 Å². The van der Waals surface area contributed by atoms with Gasteiger partial charge in [-0.25, -0.2) is 0 Å². The molecule has 62 heavy (non-hydrogen) atoms. The van der Waals surface area contributed by atoms with Crippen molar-refractivity contribution in [3.05, 3.63) is 286 Å². The predicted octanol–water partition coefficient (Wildman–Crippen LogP) is 16.7. The monoisotopic (exact) mass is 788 g/mol. The van der Waals surface area contributed by atoms with Gasteiger partial charge in [0.2, 0.25) is 0 Å². The molecule has 0 nitrogen and oxygen atoms in total. The second kappa shape index (κ2) is 17.7. The van der Waals surface area contributed by atoms with Crippen molar-refractivity contribution in [3.63, 3.8) is 0 Å². The maximum absolute atomic E-state index is 2.31. The Bertz CT molecular complexity index is 3050. The molecule has 0 aromatic heterocycles. The molecule has 0 heterocycles. The molecule has 10 aromatic rings. The zero-order valence-electron chi connectivity index (χ0n) is 34.4. The number of hydrogen-bond acceptors (Lipinski definition) is 0. The summed E-state index contributed by atoms with van der Waals surface area (Å²) in [5.74, 6) is 0. The smallest absolute Gasteiger partial charge is 0.00992 e. The Hall–Kier alpha value is -8.06. The van der Waals surface area contributed by atoms with Crippen LogP contribution in [0, 0.1) is 0 Å². The molecule has 0 N–H and O–H groups in total. The second-order valence-corrected chi connectivity index (χ2v) is 15.7. The summed E-state index contributed by atoms with van der Waals surface area (Å²) in [5, 5.41) is 7.46. The average Bonchev–Trinajstić information content (AvgIpc) is 3.35. The Balaban J connectivity index is 0.892. The lowest BCUT2D eigenvalue weighted by molar-refractivity contribution is 1.57. The Kier molecular flexibility index (Phi) is 10.9. The first-order chi connectivity index (χ1) is 30.7. The predicted molar refractivity (Wildman–Crippen MR) is 269 cm³/mol. The summed E-state index contributed by atoms with van der Waals surface area (Å²) in [6.45, 7) is 0. The van der Waals surface area contributed by atoms with Crippen molar-refractivity contribution in [3.8, 4) is 0 Å². The molecule has 0 atom stereocenters. The van der Waals surface area contributed by atoms with E-state index in [1.807, 2.05) is 0 Å². The minimum absolute atomic E-state index is 1.16. The molecule has 0 aliphatic rings. The molecule has 0 radical (unpaired) electrons. The molecular weight excluding hydrogens is 745 g/mol. The highest BCUT2D eigenvalue weighted by Gasteiger charge is 2.11. The summed E-state index contributed by atoms with van der Waals surface area (Å²) in [7, 11) is 0. The Morgan fingerprint density at radius 2 is 0.581 bits per heavy atom. The molecule has 0 heteroatoms. The van der Waals surface area contributed by atoms with Gasteiger partial charge in [-0.1, -0.05) is 255 Å². The fourth-order valence-electron chi connectivity index (χ4n) is 8.54. The van der Waals surface area contributed by atoms with Crippen molar-refractivity contribution < 1.29 is 0 Å². The van der Waals surface area contributed by atoms with Crippen LogP contribution in [-0.2, 0) is 0 Å². The SMILES string of the molecule is C(=Cc1ccc(C=Cc2ccc(C=C(c3ccccc3)c3cccc4ccccc34)cc2)c2ccccc12)c1ccc(C=C(c2ccccc2)c2cccc3ccccc23)cc1. The van der Waals surface area contributed by atoms with Gasteiger partial charge in [-0.05, 0) is 111 Å². The van der Waals surface area contributed by atoms with Gasteiger partial charge in [-0.3, -0.25) is 0 Å². The lowest BCUT2D eigenvalue weighted by atomic mass is 9.91. The highest BCUT2D eigenvalue weighted by molar-refractivity contribution is 6.04. The Morgan fingerprint density at radius 3 is 1.00 bits per heavy atom. The van der Waals surface area contributed by atoms with Crippen LogP contribution in [-0.4, -0.2) is 0 Å². The average molecular weight is 789 g/mol. The first-order valence-electron chi connectivity index (χ1n) is 21.3. The van der Waals surface area contributed by atoms with Crippen molar-refractivity contribution in [2.75, 3.05) is 0 Å². The topological polar surface area (TPSA) is 0 Å². The normalized spacial score (nSPS) is 12.3. The van der Waals surface area contributed by atoms with Crippen LogP contribution in [0.3, 0.4) is 0 Å². The van der Waals surface area contributed by atoms with E-state index in [-0.39, 0.29) is 0 Å². The van der Waals surface area contributed by atoms with Crippen LogP contribution in [0.1, 0.15) is 55.6 Å². The molecular formula is C62H44. The third-order valence-corrected chi connectivity index (χ3v) is 11.7. The van der Waals surface area contributed by atoms with E-state index in [1.165, 1.54) is 88.0 Å². The van der Waals surface area contributed by atoms with Gasteiger partial charge in [0.1, 0.15) is 0 Å². The van der Waals surface area contributed by atoms with Crippen LogP contribution in [0.5, 0.6) is 0 Å².